The summed E-state index contributed by atoms with van der Waals surface area (Å²) in [6.07, 6.45) is 0.862. The van der Waals surface area contributed by atoms with Crippen molar-refractivity contribution in [2.45, 2.75) is 12.5 Å². The third kappa shape index (κ3) is 8.62. The number of morpholine rings is 1. The molecule has 1 fully saturated rings. The molecular weight excluding hydrogens is 510 g/mol. The van der Waals surface area contributed by atoms with Crippen molar-refractivity contribution in [3.63, 3.8) is 0 Å². The summed E-state index contributed by atoms with van der Waals surface area (Å²) in [4.78, 5) is 6.68. The van der Waals surface area contributed by atoms with E-state index in [-0.39, 0.29) is 35.8 Å². The monoisotopic (exact) mass is 542 g/mol. The highest BCUT2D eigenvalue weighted by molar-refractivity contribution is 14.0. The Morgan fingerprint density at radius 3 is 2.48 bits per heavy atom. The molecule has 0 aromatic heterocycles. The minimum Gasteiger partial charge on any atom is -0.494 e. The lowest BCUT2D eigenvalue weighted by Crippen LogP contribution is -2.46. The minimum atomic E-state index is -0.220. The average Bonchev–Trinajstić information content (AvgIpc) is 2.80. The van der Waals surface area contributed by atoms with E-state index in [1.165, 1.54) is 12.1 Å². The van der Waals surface area contributed by atoms with E-state index in [4.69, 9.17) is 9.47 Å². The van der Waals surface area contributed by atoms with Crippen LogP contribution in [-0.4, -0.2) is 63.9 Å². The zero-order chi connectivity index (χ0) is 21.0. The molecular formula is C23H32FIN4O2. The molecule has 1 atom stereocenters. The van der Waals surface area contributed by atoms with Gasteiger partial charge in [-0.15, -0.1) is 24.0 Å². The second-order valence-electron chi connectivity index (χ2n) is 7.11. The predicted octanol–water partition coefficient (Wildman–Crippen LogP) is 3.45. The molecule has 8 heteroatoms. The van der Waals surface area contributed by atoms with Crippen molar-refractivity contribution in [2.24, 2.45) is 4.99 Å². The Hall–Kier alpha value is -1.91. The third-order valence-corrected chi connectivity index (χ3v) is 5.05. The maximum atomic E-state index is 13.4. The Morgan fingerprint density at radius 2 is 1.81 bits per heavy atom. The van der Waals surface area contributed by atoms with E-state index < -0.39 is 0 Å². The lowest BCUT2D eigenvalue weighted by Gasteiger charge is -2.35. The summed E-state index contributed by atoms with van der Waals surface area (Å²) < 4.78 is 24.6. The first kappa shape index (κ1) is 25.4. The number of benzene rings is 2. The van der Waals surface area contributed by atoms with Gasteiger partial charge >= 0.3 is 0 Å². The second kappa shape index (κ2) is 14.2. The number of halogens is 2. The number of aliphatic imine (C=N–C) groups is 1. The quantitative estimate of drug-likeness (QED) is 0.220. The molecule has 1 saturated heterocycles. The fourth-order valence-electron chi connectivity index (χ4n) is 3.43. The Morgan fingerprint density at radius 1 is 1.10 bits per heavy atom. The fraction of sp³-hybridized carbons (Fsp3) is 0.435. The van der Waals surface area contributed by atoms with Crippen molar-refractivity contribution in [3.05, 3.63) is 66.0 Å². The first-order chi connectivity index (χ1) is 14.8. The average molecular weight is 542 g/mol. The van der Waals surface area contributed by atoms with Crippen molar-refractivity contribution in [1.82, 2.24) is 15.5 Å². The van der Waals surface area contributed by atoms with Gasteiger partial charge in [0.15, 0.2) is 5.96 Å². The molecule has 0 aliphatic carbocycles. The molecule has 3 rings (SSSR count). The maximum absolute atomic E-state index is 13.4. The molecule has 170 valence electrons. The highest BCUT2D eigenvalue weighted by atomic mass is 127. The molecule has 2 aromatic carbocycles. The number of hydrogen-bond donors (Lipinski definition) is 2. The zero-order valence-electron chi connectivity index (χ0n) is 17.9. The molecule has 2 aromatic rings. The summed E-state index contributed by atoms with van der Waals surface area (Å²) in [6, 6.07) is 16.7. The van der Waals surface area contributed by atoms with Gasteiger partial charge in [0.2, 0.25) is 0 Å². The molecule has 31 heavy (non-hydrogen) atoms. The van der Waals surface area contributed by atoms with Gasteiger partial charge in [0, 0.05) is 33.2 Å². The van der Waals surface area contributed by atoms with Crippen LogP contribution in [0.1, 0.15) is 18.0 Å². The highest BCUT2D eigenvalue weighted by Crippen LogP contribution is 2.21. The largest absolute Gasteiger partial charge is 0.494 e. The molecule has 2 N–H and O–H groups in total. The van der Waals surface area contributed by atoms with Crippen LogP contribution in [0.2, 0.25) is 0 Å². The lowest BCUT2D eigenvalue weighted by molar-refractivity contribution is 0.0170. The maximum Gasteiger partial charge on any atom is 0.191 e. The Labute approximate surface area is 201 Å². The van der Waals surface area contributed by atoms with E-state index in [1.54, 1.807) is 7.05 Å². The van der Waals surface area contributed by atoms with Crippen LogP contribution in [0.25, 0.3) is 0 Å². The summed E-state index contributed by atoms with van der Waals surface area (Å²) in [5, 5.41) is 6.74. The van der Waals surface area contributed by atoms with Gasteiger partial charge in [0.1, 0.15) is 11.6 Å². The topological polar surface area (TPSA) is 58.1 Å². The first-order valence-corrected chi connectivity index (χ1v) is 10.5. The van der Waals surface area contributed by atoms with Gasteiger partial charge in [-0.25, -0.2) is 4.39 Å². The summed E-state index contributed by atoms with van der Waals surface area (Å²) in [5.74, 6) is 1.41. The lowest BCUT2D eigenvalue weighted by atomic mass is 10.0. The summed E-state index contributed by atoms with van der Waals surface area (Å²) in [6.45, 7) is 5.20. The number of hydrogen-bond acceptors (Lipinski definition) is 4. The number of rotatable bonds is 9. The molecule has 1 unspecified atom stereocenters. The molecule has 1 aliphatic heterocycles. The van der Waals surface area contributed by atoms with Crippen LogP contribution in [0.15, 0.2) is 59.6 Å². The van der Waals surface area contributed by atoms with Gasteiger partial charge in [-0.05, 0) is 36.2 Å². The van der Waals surface area contributed by atoms with Crippen LogP contribution in [0.4, 0.5) is 4.39 Å². The van der Waals surface area contributed by atoms with Crippen molar-refractivity contribution >= 4 is 29.9 Å². The molecule has 0 saturated carbocycles. The van der Waals surface area contributed by atoms with E-state index in [0.29, 0.717) is 26.4 Å². The van der Waals surface area contributed by atoms with Gasteiger partial charge < -0.3 is 20.1 Å². The normalized spacial score (nSPS) is 15.6. The first-order valence-electron chi connectivity index (χ1n) is 10.5. The number of nitrogens with one attached hydrogen (secondary N) is 2. The third-order valence-electron chi connectivity index (χ3n) is 5.05. The van der Waals surface area contributed by atoms with Crippen LogP contribution in [-0.2, 0) is 4.74 Å². The molecule has 0 amide bonds. The van der Waals surface area contributed by atoms with Gasteiger partial charge in [0.25, 0.3) is 0 Å². The van der Waals surface area contributed by atoms with Crippen LogP contribution in [0.3, 0.4) is 0 Å². The Kier molecular flexibility index (Phi) is 11.6. The molecule has 6 nitrogen and oxygen atoms in total. The molecule has 1 aliphatic rings. The number of guanidine groups is 1. The number of ether oxygens (including phenoxy) is 2. The Bertz CT molecular complexity index is 771. The van der Waals surface area contributed by atoms with Crippen molar-refractivity contribution in [1.29, 1.82) is 0 Å². The summed E-state index contributed by atoms with van der Waals surface area (Å²) >= 11 is 0. The Balaban J connectivity index is 0.00000341. The van der Waals surface area contributed by atoms with Gasteiger partial charge in [-0.1, -0.05) is 30.3 Å². The van der Waals surface area contributed by atoms with E-state index in [0.717, 1.165) is 43.3 Å². The van der Waals surface area contributed by atoms with Crippen LogP contribution < -0.4 is 15.4 Å². The van der Waals surface area contributed by atoms with Gasteiger partial charge in [-0.3, -0.25) is 9.89 Å². The predicted molar refractivity (Wildman–Crippen MR) is 133 cm³/mol. The smallest absolute Gasteiger partial charge is 0.191 e. The molecule has 0 radical (unpaired) electrons. The van der Waals surface area contributed by atoms with Gasteiger partial charge in [-0.2, -0.15) is 0 Å². The van der Waals surface area contributed by atoms with E-state index >= 15 is 0 Å². The van der Waals surface area contributed by atoms with Gasteiger partial charge in [0.05, 0.1) is 25.9 Å². The minimum absolute atomic E-state index is 0. The second-order valence-corrected chi connectivity index (χ2v) is 7.11. The van der Waals surface area contributed by atoms with Crippen molar-refractivity contribution in [3.8, 4) is 5.75 Å². The summed E-state index contributed by atoms with van der Waals surface area (Å²) in [7, 11) is 1.76. The van der Waals surface area contributed by atoms with E-state index in [1.807, 2.05) is 42.5 Å². The summed E-state index contributed by atoms with van der Waals surface area (Å²) in [5.41, 5.74) is 1.08. The standard InChI is InChI=1S/C23H31FN4O2.HI/c1-25-23(26-12-5-15-30-21-6-3-2-4-7-21)27-18-22(28-13-16-29-17-14-28)19-8-10-20(24)11-9-19;/h2-4,6-11,22H,5,12-18H2,1H3,(H2,25,26,27);1H. The fourth-order valence-corrected chi connectivity index (χ4v) is 3.43. The van der Waals surface area contributed by atoms with Crippen LogP contribution >= 0.6 is 24.0 Å². The molecule has 0 bridgehead atoms. The highest BCUT2D eigenvalue weighted by Gasteiger charge is 2.23. The zero-order valence-corrected chi connectivity index (χ0v) is 20.3. The number of para-hydroxylation sites is 1. The van der Waals surface area contributed by atoms with E-state index in [9.17, 15) is 4.39 Å². The van der Waals surface area contributed by atoms with Crippen molar-refractivity contribution < 1.29 is 13.9 Å². The SMILES string of the molecule is CN=C(NCCCOc1ccccc1)NCC(c1ccc(F)cc1)N1CCOCC1.I. The number of nitrogens with zero attached hydrogens (tertiary/aromatic N) is 2. The molecule has 1 heterocycles. The van der Waals surface area contributed by atoms with Crippen LogP contribution in [0.5, 0.6) is 5.75 Å². The molecule has 0 spiro atoms. The van der Waals surface area contributed by atoms with Crippen LogP contribution in [0, 0.1) is 5.82 Å². The van der Waals surface area contributed by atoms with E-state index in [2.05, 4.69) is 20.5 Å². The van der Waals surface area contributed by atoms with Crippen molar-refractivity contribution in [2.75, 3.05) is 53.0 Å².